The van der Waals surface area contributed by atoms with E-state index in [4.69, 9.17) is 0 Å². The third-order valence-corrected chi connectivity index (χ3v) is 5.36. The van der Waals surface area contributed by atoms with Gasteiger partial charge in [-0.15, -0.1) is 0 Å². The number of carbonyl (C=O) groups is 2. The Balaban J connectivity index is 2.46. The SMILES string of the molecule is CCN(CC)c1c(F)c2c(c(N(CC)CC)c1F)C(=O)c1ccccc1C2=O. The molecule has 148 valence electrons. The minimum atomic E-state index is -0.958. The van der Waals surface area contributed by atoms with Gasteiger partial charge in [-0.1, -0.05) is 24.3 Å². The van der Waals surface area contributed by atoms with E-state index in [1.54, 1.807) is 30.9 Å². The van der Waals surface area contributed by atoms with Crippen molar-refractivity contribution in [2.24, 2.45) is 0 Å². The lowest BCUT2D eigenvalue weighted by Gasteiger charge is -2.32. The number of ketones is 2. The normalized spacial score (nSPS) is 12.6. The number of nitrogens with zero attached hydrogens (tertiary/aromatic N) is 2. The van der Waals surface area contributed by atoms with Gasteiger partial charge in [0.05, 0.1) is 16.8 Å². The zero-order chi connectivity index (χ0) is 20.6. The second-order valence-electron chi connectivity index (χ2n) is 6.62. The van der Waals surface area contributed by atoms with Crippen molar-refractivity contribution < 1.29 is 18.4 Å². The Kier molecular flexibility index (Phi) is 5.49. The number of hydrogen-bond acceptors (Lipinski definition) is 4. The van der Waals surface area contributed by atoms with Crippen LogP contribution in [0.4, 0.5) is 20.2 Å². The van der Waals surface area contributed by atoms with E-state index < -0.39 is 23.2 Å². The predicted octanol–water partition coefficient (Wildman–Crippen LogP) is 4.43. The van der Waals surface area contributed by atoms with Crippen LogP contribution in [0.15, 0.2) is 24.3 Å². The van der Waals surface area contributed by atoms with Crippen LogP contribution in [0, 0.1) is 11.6 Å². The van der Waals surface area contributed by atoms with Gasteiger partial charge in [0.15, 0.2) is 23.2 Å². The lowest BCUT2D eigenvalue weighted by molar-refractivity contribution is 0.0975. The van der Waals surface area contributed by atoms with Gasteiger partial charge >= 0.3 is 0 Å². The monoisotopic (exact) mass is 386 g/mol. The van der Waals surface area contributed by atoms with E-state index in [0.29, 0.717) is 26.2 Å². The zero-order valence-corrected chi connectivity index (χ0v) is 16.6. The third kappa shape index (κ3) is 2.79. The van der Waals surface area contributed by atoms with Crippen LogP contribution in [0.1, 0.15) is 59.5 Å². The Morgan fingerprint density at radius 1 is 0.679 bits per heavy atom. The van der Waals surface area contributed by atoms with Crippen molar-refractivity contribution in [3.05, 3.63) is 58.2 Å². The van der Waals surface area contributed by atoms with Crippen molar-refractivity contribution in [2.45, 2.75) is 27.7 Å². The summed E-state index contributed by atoms with van der Waals surface area (Å²) in [5, 5.41) is 0. The van der Waals surface area contributed by atoms with Gasteiger partial charge in [0, 0.05) is 37.3 Å². The van der Waals surface area contributed by atoms with Crippen LogP contribution >= 0.6 is 0 Å². The molecule has 1 aliphatic carbocycles. The number of rotatable bonds is 6. The van der Waals surface area contributed by atoms with E-state index in [1.165, 1.54) is 17.0 Å². The Labute approximate surface area is 163 Å². The second-order valence-corrected chi connectivity index (χ2v) is 6.62. The highest BCUT2D eigenvalue weighted by Crippen LogP contribution is 2.42. The van der Waals surface area contributed by atoms with Crippen LogP contribution in [0.25, 0.3) is 0 Å². The van der Waals surface area contributed by atoms with Crippen LogP contribution < -0.4 is 9.80 Å². The number of hydrogen-bond donors (Lipinski definition) is 0. The molecule has 0 radical (unpaired) electrons. The zero-order valence-electron chi connectivity index (χ0n) is 16.6. The van der Waals surface area contributed by atoms with Crippen LogP contribution in [0.3, 0.4) is 0 Å². The van der Waals surface area contributed by atoms with E-state index in [-0.39, 0.29) is 33.6 Å². The summed E-state index contributed by atoms with van der Waals surface area (Å²) in [5.41, 5.74) is -0.390. The van der Waals surface area contributed by atoms with Gasteiger partial charge in [0.2, 0.25) is 0 Å². The Morgan fingerprint density at radius 2 is 1.11 bits per heavy atom. The van der Waals surface area contributed by atoms with Crippen LogP contribution in [-0.2, 0) is 0 Å². The summed E-state index contributed by atoms with van der Waals surface area (Å²) in [7, 11) is 0. The molecule has 4 nitrogen and oxygen atoms in total. The molecule has 1 aliphatic rings. The summed E-state index contributed by atoms with van der Waals surface area (Å²) >= 11 is 0. The fourth-order valence-electron chi connectivity index (χ4n) is 3.90. The van der Waals surface area contributed by atoms with Crippen molar-refractivity contribution >= 4 is 22.9 Å². The Hall–Kier alpha value is -2.76. The molecular formula is C22H24F2N2O2. The van der Waals surface area contributed by atoms with Crippen molar-refractivity contribution in [1.82, 2.24) is 0 Å². The molecule has 0 N–H and O–H groups in total. The maximum atomic E-state index is 15.7. The lowest BCUT2D eigenvalue weighted by Crippen LogP contribution is -2.33. The van der Waals surface area contributed by atoms with Gasteiger partial charge in [-0.2, -0.15) is 0 Å². The molecule has 0 aromatic heterocycles. The van der Waals surface area contributed by atoms with Gasteiger partial charge in [-0.05, 0) is 27.7 Å². The maximum Gasteiger partial charge on any atom is 0.197 e. The molecule has 2 aromatic rings. The van der Waals surface area contributed by atoms with Crippen LogP contribution in [0.5, 0.6) is 0 Å². The molecule has 6 heteroatoms. The standard InChI is InChI=1S/C22H24F2N2O2/c1-5-25(6-2)19-16-15(17(23)20(18(19)24)26(7-3)8-4)21(27)13-11-9-10-12-14(13)22(16)28/h9-12H,5-8H2,1-4H3. The fourth-order valence-corrected chi connectivity index (χ4v) is 3.90. The van der Waals surface area contributed by atoms with Crippen LogP contribution in [-0.4, -0.2) is 37.7 Å². The van der Waals surface area contributed by atoms with Crippen molar-refractivity contribution in [1.29, 1.82) is 0 Å². The highest BCUT2D eigenvalue weighted by molar-refractivity contribution is 6.30. The molecule has 0 aliphatic heterocycles. The Morgan fingerprint density at radius 3 is 1.57 bits per heavy atom. The Bertz CT molecular complexity index is 948. The van der Waals surface area contributed by atoms with E-state index in [1.807, 2.05) is 13.8 Å². The molecule has 0 spiro atoms. The second kappa shape index (κ2) is 7.70. The van der Waals surface area contributed by atoms with Crippen LogP contribution in [0.2, 0.25) is 0 Å². The van der Waals surface area contributed by atoms with E-state index >= 15 is 8.78 Å². The topological polar surface area (TPSA) is 40.6 Å². The number of benzene rings is 2. The molecule has 0 saturated heterocycles. The van der Waals surface area contributed by atoms with Gasteiger partial charge in [0.25, 0.3) is 0 Å². The molecule has 2 aromatic carbocycles. The minimum Gasteiger partial charge on any atom is -0.369 e. The average Bonchev–Trinajstić information content (AvgIpc) is 2.71. The summed E-state index contributed by atoms with van der Waals surface area (Å²) in [6.45, 7) is 8.84. The smallest absolute Gasteiger partial charge is 0.197 e. The molecule has 0 fully saturated rings. The lowest BCUT2D eigenvalue weighted by atomic mass is 9.82. The molecule has 0 heterocycles. The summed E-state index contributed by atoms with van der Waals surface area (Å²) in [6.07, 6.45) is 0. The highest BCUT2D eigenvalue weighted by Gasteiger charge is 2.39. The molecule has 28 heavy (non-hydrogen) atoms. The number of halogens is 2. The van der Waals surface area contributed by atoms with Gasteiger partial charge in [-0.25, -0.2) is 8.78 Å². The first-order chi connectivity index (χ1) is 13.4. The molecule has 0 unspecified atom stereocenters. The fraction of sp³-hybridized carbons (Fsp3) is 0.364. The third-order valence-electron chi connectivity index (χ3n) is 5.36. The molecular weight excluding hydrogens is 362 g/mol. The molecule has 0 bridgehead atoms. The first-order valence-corrected chi connectivity index (χ1v) is 9.65. The van der Waals surface area contributed by atoms with E-state index in [0.717, 1.165) is 0 Å². The molecule has 0 saturated carbocycles. The van der Waals surface area contributed by atoms with E-state index in [9.17, 15) is 9.59 Å². The highest BCUT2D eigenvalue weighted by atomic mass is 19.1. The summed E-state index contributed by atoms with van der Waals surface area (Å²) in [5.74, 6) is -2.84. The van der Waals surface area contributed by atoms with Gasteiger partial charge in [0.1, 0.15) is 5.69 Å². The van der Waals surface area contributed by atoms with E-state index in [2.05, 4.69) is 0 Å². The average molecular weight is 386 g/mol. The number of anilines is 2. The molecule has 0 amide bonds. The summed E-state index contributed by atoms with van der Waals surface area (Å²) in [6, 6.07) is 6.31. The first kappa shape index (κ1) is 20.0. The largest absolute Gasteiger partial charge is 0.369 e. The quantitative estimate of drug-likeness (QED) is 0.628. The van der Waals surface area contributed by atoms with Crippen molar-refractivity contribution in [3.63, 3.8) is 0 Å². The van der Waals surface area contributed by atoms with Crippen molar-refractivity contribution in [3.8, 4) is 0 Å². The molecule has 0 atom stereocenters. The maximum absolute atomic E-state index is 15.7. The molecule has 3 rings (SSSR count). The predicted molar refractivity (Wildman–Crippen MR) is 107 cm³/mol. The first-order valence-electron chi connectivity index (χ1n) is 9.65. The number of carbonyl (C=O) groups excluding carboxylic acids is 2. The van der Waals surface area contributed by atoms with Gasteiger partial charge in [-0.3, -0.25) is 9.59 Å². The summed E-state index contributed by atoms with van der Waals surface area (Å²) in [4.78, 5) is 29.6. The van der Waals surface area contributed by atoms with Crippen molar-refractivity contribution in [2.75, 3.05) is 36.0 Å². The summed E-state index contributed by atoms with van der Waals surface area (Å²) < 4.78 is 31.2. The minimum absolute atomic E-state index is 0.0103. The number of fused-ring (bicyclic) bond motifs is 2. The van der Waals surface area contributed by atoms with Gasteiger partial charge < -0.3 is 9.80 Å².